The predicted molar refractivity (Wildman–Crippen MR) is 81.4 cm³/mol. The number of carboxylic acid groups (broad SMARTS) is 1. The highest BCUT2D eigenvalue weighted by atomic mass is 35.5. The van der Waals surface area contributed by atoms with Crippen molar-refractivity contribution in [2.45, 2.75) is 26.7 Å². The first-order valence-electron chi connectivity index (χ1n) is 6.57. The van der Waals surface area contributed by atoms with Crippen LogP contribution in [0.25, 0.3) is 0 Å². The van der Waals surface area contributed by atoms with Crippen molar-refractivity contribution in [3.8, 4) is 0 Å². The number of carbonyl (C=O) groups is 2. The number of nitrogens with one attached hydrogen (secondary N) is 1. The minimum absolute atomic E-state index is 0.0153. The van der Waals surface area contributed by atoms with E-state index in [0.29, 0.717) is 17.1 Å². The van der Waals surface area contributed by atoms with Gasteiger partial charge in [0.1, 0.15) is 5.76 Å². The molecule has 22 heavy (non-hydrogen) atoms. The molecule has 6 nitrogen and oxygen atoms in total. The van der Waals surface area contributed by atoms with E-state index in [9.17, 15) is 9.59 Å². The first-order valence-corrected chi connectivity index (χ1v) is 6.95. The van der Waals surface area contributed by atoms with E-state index in [4.69, 9.17) is 21.2 Å². The number of aryl methyl sites for hydroxylation is 2. The zero-order chi connectivity index (χ0) is 16.4. The standard InChI is InChI=1S/C15H15ClN2O4/c1-7(13-8(2)18-22-9(13)3)14(19)17-10-4-5-11(15(20)21)12(16)6-10/h4-7H,1-3H3,(H,17,19)(H,20,21)/t7-/m0/s1. The lowest BCUT2D eigenvalue weighted by molar-refractivity contribution is -0.117. The van der Waals surface area contributed by atoms with Crippen LogP contribution in [-0.2, 0) is 4.79 Å². The Kier molecular flexibility index (Phi) is 4.51. The second kappa shape index (κ2) is 6.19. The maximum atomic E-state index is 12.3. The molecule has 2 aromatic rings. The van der Waals surface area contributed by atoms with Gasteiger partial charge in [0.05, 0.1) is 22.2 Å². The first kappa shape index (κ1) is 16.0. The van der Waals surface area contributed by atoms with Crippen molar-refractivity contribution in [3.63, 3.8) is 0 Å². The molecule has 0 saturated carbocycles. The summed E-state index contributed by atoms with van der Waals surface area (Å²) >= 11 is 5.88. The van der Waals surface area contributed by atoms with Crippen molar-refractivity contribution in [2.75, 3.05) is 5.32 Å². The summed E-state index contributed by atoms with van der Waals surface area (Å²) < 4.78 is 5.06. The molecule has 0 bridgehead atoms. The molecule has 0 unspecified atom stereocenters. The average Bonchev–Trinajstić information content (AvgIpc) is 2.77. The fourth-order valence-corrected chi connectivity index (χ4v) is 2.52. The summed E-state index contributed by atoms with van der Waals surface area (Å²) in [6, 6.07) is 4.25. The Bertz CT molecular complexity index is 720. The monoisotopic (exact) mass is 322 g/mol. The van der Waals surface area contributed by atoms with Gasteiger partial charge in [0, 0.05) is 11.3 Å². The first-order chi connectivity index (χ1) is 10.3. The Labute approximate surface area is 132 Å². The molecule has 0 aliphatic carbocycles. The smallest absolute Gasteiger partial charge is 0.337 e. The van der Waals surface area contributed by atoms with E-state index < -0.39 is 11.9 Å². The normalized spacial score (nSPS) is 12.0. The van der Waals surface area contributed by atoms with Crippen molar-refractivity contribution in [3.05, 3.63) is 45.8 Å². The van der Waals surface area contributed by atoms with Crippen LogP contribution in [0.2, 0.25) is 5.02 Å². The predicted octanol–water partition coefficient (Wildman–Crippen LogP) is 3.39. The molecule has 1 aromatic heterocycles. The lowest BCUT2D eigenvalue weighted by atomic mass is 9.98. The van der Waals surface area contributed by atoms with E-state index in [2.05, 4.69) is 10.5 Å². The molecule has 0 spiro atoms. The van der Waals surface area contributed by atoms with E-state index in [1.54, 1.807) is 20.8 Å². The van der Waals surface area contributed by atoms with Crippen molar-refractivity contribution >= 4 is 29.2 Å². The molecular weight excluding hydrogens is 308 g/mol. The maximum Gasteiger partial charge on any atom is 0.337 e. The molecule has 0 aliphatic rings. The lowest BCUT2D eigenvalue weighted by Gasteiger charge is -2.12. The number of halogens is 1. The summed E-state index contributed by atoms with van der Waals surface area (Å²) in [6.07, 6.45) is 0. The third kappa shape index (κ3) is 3.12. The minimum Gasteiger partial charge on any atom is -0.478 e. The summed E-state index contributed by atoms with van der Waals surface area (Å²) in [4.78, 5) is 23.2. The largest absolute Gasteiger partial charge is 0.478 e. The molecule has 0 aliphatic heterocycles. The van der Waals surface area contributed by atoms with Crippen molar-refractivity contribution in [1.29, 1.82) is 0 Å². The Morgan fingerprint density at radius 3 is 2.55 bits per heavy atom. The second-order valence-electron chi connectivity index (χ2n) is 4.95. The fourth-order valence-electron chi connectivity index (χ4n) is 2.26. The van der Waals surface area contributed by atoms with Crippen LogP contribution in [0.4, 0.5) is 5.69 Å². The molecule has 2 rings (SSSR count). The zero-order valence-corrected chi connectivity index (χ0v) is 13.1. The molecule has 1 aromatic carbocycles. The second-order valence-corrected chi connectivity index (χ2v) is 5.36. The van der Waals surface area contributed by atoms with Crippen molar-refractivity contribution in [1.82, 2.24) is 5.16 Å². The average molecular weight is 323 g/mol. The van der Waals surface area contributed by atoms with E-state index in [-0.39, 0.29) is 16.5 Å². The van der Waals surface area contributed by atoms with Crippen LogP contribution in [0.5, 0.6) is 0 Å². The number of aromatic nitrogens is 1. The van der Waals surface area contributed by atoms with E-state index in [1.165, 1.54) is 18.2 Å². The van der Waals surface area contributed by atoms with Gasteiger partial charge >= 0.3 is 5.97 Å². The van der Waals surface area contributed by atoms with Crippen molar-refractivity contribution < 1.29 is 19.2 Å². The summed E-state index contributed by atoms with van der Waals surface area (Å²) in [5.74, 6) is -1.23. The highest BCUT2D eigenvalue weighted by Crippen LogP contribution is 2.26. The Balaban J connectivity index is 2.19. The number of carbonyl (C=O) groups excluding carboxylic acids is 1. The molecule has 116 valence electrons. The molecule has 1 amide bonds. The highest BCUT2D eigenvalue weighted by Gasteiger charge is 2.23. The number of hydrogen-bond donors (Lipinski definition) is 2. The quantitative estimate of drug-likeness (QED) is 0.900. The van der Waals surface area contributed by atoms with E-state index in [1.807, 2.05) is 0 Å². The van der Waals surface area contributed by atoms with E-state index in [0.717, 1.165) is 5.56 Å². The van der Waals surface area contributed by atoms with Crippen molar-refractivity contribution in [2.24, 2.45) is 0 Å². The van der Waals surface area contributed by atoms with Crippen LogP contribution in [0.15, 0.2) is 22.7 Å². The van der Waals surface area contributed by atoms with Crippen LogP contribution in [0.1, 0.15) is 40.2 Å². The Hall–Kier alpha value is -2.34. The lowest BCUT2D eigenvalue weighted by Crippen LogP contribution is -2.19. The van der Waals surface area contributed by atoms with Crippen LogP contribution < -0.4 is 5.32 Å². The van der Waals surface area contributed by atoms with Crippen LogP contribution in [0.3, 0.4) is 0 Å². The maximum absolute atomic E-state index is 12.3. The third-order valence-electron chi connectivity index (χ3n) is 3.38. The van der Waals surface area contributed by atoms with Crippen LogP contribution >= 0.6 is 11.6 Å². The molecule has 0 saturated heterocycles. The van der Waals surface area contributed by atoms with Gasteiger partial charge in [-0.15, -0.1) is 0 Å². The Morgan fingerprint density at radius 1 is 1.36 bits per heavy atom. The van der Waals surface area contributed by atoms with Crippen LogP contribution in [-0.4, -0.2) is 22.1 Å². The number of nitrogens with zero attached hydrogens (tertiary/aromatic N) is 1. The molecule has 1 atom stereocenters. The number of anilines is 1. The topological polar surface area (TPSA) is 92.4 Å². The van der Waals surface area contributed by atoms with Gasteiger partial charge < -0.3 is 14.9 Å². The minimum atomic E-state index is -1.12. The SMILES string of the molecule is Cc1noc(C)c1[C@H](C)C(=O)Nc1ccc(C(=O)O)c(Cl)c1. The number of amides is 1. The summed E-state index contributed by atoms with van der Waals surface area (Å²) in [6.45, 7) is 5.26. The molecular formula is C15H15ClN2O4. The van der Waals surface area contributed by atoms with Gasteiger partial charge in [-0.2, -0.15) is 0 Å². The number of hydrogen-bond acceptors (Lipinski definition) is 4. The zero-order valence-electron chi connectivity index (χ0n) is 12.3. The third-order valence-corrected chi connectivity index (χ3v) is 3.69. The van der Waals surface area contributed by atoms with E-state index >= 15 is 0 Å². The van der Waals surface area contributed by atoms with Gasteiger partial charge in [-0.3, -0.25) is 4.79 Å². The van der Waals surface area contributed by atoms with Gasteiger partial charge in [-0.1, -0.05) is 16.8 Å². The Morgan fingerprint density at radius 2 is 2.05 bits per heavy atom. The van der Waals surface area contributed by atoms with Crippen LogP contribution in [0, 0.1) is 13.8 Å². The molecule has 0 fully saturated rings. The fraction of sp³-hybridized carbons (Fsp3) is 0.267. The number of carboxylic acids is 1. The van der Waals surface area contributed by atoms with Gasteiger partial charge in [0.2, 0.25) is 5.91 Å². The number of benzene rings is 1. The molecule has 7 heteroatoms. The molecule has 1 heterocycles. The highest BCUT2D eigenvalue weighted by molar-refractivity contribution is 6.33. The van der Waals surface area contributed by atoms with Gasteiger partial charge in [0.25, 0.3) is 0 Å². The summed E-state index contributed by atoms with van der Waals surface area (Å²) in [5, 5.41) is 15.5. The number of aromatic carboxylic acids is 1. The number of rotatable bonds is 4. The van der Waals surface area contributed by atoms with Gasteiger partial charge in [0.15, 0.2) is 0 Å². The van der Waals surface area contributed by atoms with Gasteiger partial charge in [-0.05, 0) is 39.0 Å². The molecule has 2 N–H and O–H groups in total. The molecule has 0 radical (unpaired) electrons. The van der Waals surface area contributed by atoms with Gasteiger partial charge in [-0.25, -0.2) is 4.79 Å². The summed E-state index contributed by atoms with van der Waals surface area (Å²) in [5.41, 5.74) is 1.82. The summed E-state index contributed by atoms with van der Waals surface area (Å²) in [7, 11) is 0.